The average molecular weight is 374 g/mol. The lowest BCUT2D eigenvalue weighted by Gasteiger charge is -2.08. The van der Waals surface area contributed by atoms with Crippen LogP contribution in [0.4, 0.5) is 5.82 Å². The fourth-order valence-electron chi connectivity index (χ4n) is 3.20. The van der Waals surface area contributed by atoms with E-state index in [1.54, 1.807) is 4.57 Å². The molecule has 2 aromatic carbocycles. The van der Waals surface area contributed by atoms with Crippen LogP contribution in [0.3, 0.4) is 0 Å². The van der Waals surface area contributed by atoms with Crippen LogP contribution in [-0.4, -0.2) is 27.1 Å². The van der Waals surface area contributed by atoms with Crippen molar-refractivity contribution in [1.82, 2.24) is 14.5 Å². The topological polar surface area (TPSA) is 83.0 Å². The van der Waals surface area contributed by atoms with Gasteiger partial charge >= 0.3 is 5.97 Å². The molecular weight excluding hydrogens is 352 g/mol. The molecule has 0 spiro atoms. The average Bonchev–Trinajstić information content (AvgIpc) is 2.98. The Morgan fingerprint density at radius 3 is 2.43 bits per heavy atom. The molecular formula is C22H22N4O2. The number of hydrogen-bond donors (Lipinski definition) is 1. The first-order valence-corrected chi connectivity index (χ1v) is 9.41. The standard InChI is InChI=1S/C22H22N4O2/c1-3-4-13-28-22(27)18-19-21(25-17-8-6-5-7-16(17)24-19)26(20(18)23)15-11-9-14(2)10-12-15/h5-12H,3-4,13,23H2,1-2H3. The number of unbranched alkanes of at least 4 members (excludes halogenated alkanes) is 1. The van der Waals surface area contributed by atoms with Crippen molar-refractivity contribution < 1.29 is 9.53 Å². The maximum absolute atomic E-state index is 12.8. The van der Waals surface area contributed by atoms with E-state index in [2.05, 4.69) is 4.98 Å². The van der Waals surface area contributed by atoms with Gasteiger partial charge in [-0.3, -0.25) is 4.57 Å². The molecule has 0 atom stereocenters. The lowest BCUT2D eigenvalue weighted by molar-refractivity contribution is 0.0503. The third-order valence-corrected chi connectivity index (χ3v) is 4.73. The van der Waals surface area contributed by atoms with Gasteiger partial charge in [-0.1, -0.05) is 43.2 Å². The number of nitrogens with two attached hydrogens (primary N) is 1. The summed E-state index contributed by atoms with van der Waals surface area (Å²) in [5.74, 6) is -0.179. The highest BCUT2D eigenvalue weighted by Crippen LogP contribution is 2.31. The van der Waals surface area contributed by atoms with Gasteiger partial charge in [0, 0.05) is 5.69 Å². The van der Waals surface area contributed by atoms with Gasteiger partial charge in [-0.2, -0.15) is 0 Å². The highest BCUT2D eigenvalue weighted by molar-refractivity contribution is 6.09. The van der Waals surface area contributed by atoms with E-state index in [0.29, 0.717) is 23.3 Å². The van der Waals surface area contributed by atoms with Crippen molar-refractivity contribution >= 4 is 34.0 Å². The Balaban J connectivity index is 1.97. The van der Waals surface area contributed by atoms with Gasteiger partial charge in [0.15, 0.2) is 5.65 Å². The second-order valence-corrected chi connectivity index (χ2v) is 6.81. The van der Waals surface area contributed by atoms with Crippen molar-refractivity contribution in [3.8, 4) is 5.69 Å². The van der Waals surface area contributed by atoms with Crippen molar-refractivity contribution in [2.24, 2.45) is 0 Å². The number of fused-ring (bicyclic) bond motifs is 2. The number of carbonyl (C=O) groups is 1. The zero-order valence-corrected chi connectivity index (χ0v) is 16.0. The van der Waals surface area contributed by atoms with E-state index in [9.17, 15) is 4.79 Å². The van der Waals surface area contributed by atoms with Gasteiger partial charge in [0.1, 0.15) is 16.9 Å². The van der Waals surface area contributed by atoms with Crippen LogP contribution in [-0.2, 0) is 4.74 Å². The molecule has 4 rings (SSSR count). The van der Waals surface area contributed by atoms with Crippen molar-refractivity contribution in [3.05, 3.63) is 59.7 Å². The second-order valence-electron chi connectivity index (χ2n) is 6.81. The number of ether oxygens (including phenoxy) is 1. The lowest BCUT2D eigenvalue weighted by Crippen LogP contribution is -2.10. The SMILES string of the molecule is CCCCOC(=O)c1c(N)n(-c2ccc(C)cc2)c2nc3ccccc3nc12. The largest absolute Gasteiger partial charge is 0.462 e. The molecule has 0 saturated carbocycles. The maximum atomic E-state index is 12.8. The summed E-state index contributed by atoms with van der Waals surface area (Å²) < 4.78 is 7.21. The Morgan fingerprint density at radius 1 is 1.07 bits per heavy atom. The highest BCUT2D eigenvalue weighted by atomic mass is 16.5. The normalized spacial score (nSPS) is 11.2. The van der Waals surface area contributed by atoms with E-state index in [4.69, 9.17) is 15.5 Å². The van der Waals surface area contributed by atoms with Gasteiger partial charge in [-0.15, -0.1) is 0 Å². The molecule has 0 radical (unpaired) electrons. The van der Waals surface area contributed by atoms with Crippen LogP contribution in [0.25, 0.3) is 27.9 Å². The summed E-state index contributed by atoms with van der Waals surface area (Å²) in [4.78, 5) is 22.2. The van der Waals surface area contributed by atoms with E-state index in [1.165, 1.54) is 0 Å². The molecule has 6 nitrogen and oxygen atoms in total. The number of hydrogen-bond acceptors (Lipinski definition) is 5. The van der Waals surface area contributed by atoms with Crippen molar-refractivity contribution in [2.75, 3.05) is 12.3 Å². The number of para-hydroxylation sites is 2. The molecule has 0 bridgehead atoms. The van der Waals surface area contributed by atoms with Crippen LogP contribution in [0.15, 0.2) is 48.5 Å². The Bertz CT molecular complexity index is 1160. The summed E-state index contributed by atoms with van der Waals surface area (Å²) in [7, 11) is 0. The maximum Gasteiger partial charge on any atom is 0.344 e. The monoisotopic (exact) mass is 374 g/mol. The highest BCUT2D eigenvalue weighted by Gasteiger charge is 2.25. The minimum atomic E-state index is -0.466. The molecule has 0 saturated heterocycles. The number of nitrogen functional groups attached to an aromatic ring is 1. The summed E-state index contributed by atoms with van der Waals surface area (Å²) in [5.41, 5.74) is 11.1. The third-order valence-electron chi connectivity index (χ3n) is 4.73. The minimum absolute atomic E-state index is 0.268. The summed E-state index contributed by atoms with van der Waals surface area (Å²) >= 11 is 0. The number of benzene rings is 2. The Morgan fingerprint density at radius 2 is 1.75 bits per heavy atom. The van der Waals surface area contributed by atoms with Crippen LogP contribution in [0.5, 0.6) is 0 Å². The van der Waals surface area contributed by atoms with E-state index >= 15 is 0 Å². The number of esters is 1. The van der Waals surface area contributed by atoms with E-state index in [-0.39, 0.29) is 11.4 Å². The second kappa shape index (κ2) is 7.31. The van der Waals surface area contributed by atoms with Crippen LogP contribution in [0.1, 0.15) is 35.7 Å². The van der Waals surface area contributed by atoms with Crippen molar-refractivity contribution in [3.63, 3.8) is 0 Å². The molecule has 0 amide bonds. The van der Waals surface area contributed by atoms with Gasteiger partial charge in [0.2, 0.25) is 0 Å². The Kier molecular flexibility index (Phi) is 4.69. The van der Waals surface area contributed by atoms with Gasteiger partial charge in [0.05, 0.1) is 17.6 Å². The molecule has 0 aliphatic heterocycles. The Hall–Kier alpha value is -3.41. The first-order valence-electron chi connectivity index (χ1n) is 9.41. The molecule has 2 heterocycles. The third kappa shape index (κ3) is 3.07. The zero-order chi connectivity index (χ0) is 19.7. The van der Waals surface area contributed by atoms with Gasteiger partial charge in [-0.25, -0.2) is 14.8 Å². The predicted octanol–water partition coefficient (Wildman–Crippen LogP) is 4.42. The summed E-state index contributed by atoms with van der Waals surface area (Å²) in [6, 6.07) is 15.5. The van der Waals surface area contributed by atoms with Gasteiger partial charge in [0.25, 0.3) is 0 Å². The number of anilines is 1. The molecule has 142 valence electrons. The van der Waals surface area contributed by atoms with Gasteiger partial charge in [-0.05, 0) is 37.6 Å². The van der Waals surface area contributed by atoms with Gasteiger partial charge < -0.3 is 10.5 Å². The van der Waals surface area contributed by atoms with Crippen LogP contribution in [0, 0.1) is 6.92 Å². The fourth-order valence-corrected chi connectivity index (χ4v) is 3.20. The summed E-state index contributed by atoms with van der Waals surface area (Å²) in [6.45, 7) is 4.42. The predicted molar refractivity (Wildman–Crippen MR) is 111 cm³/mol. The summed E-state index contributed by atoms with van der Waals surface area (Å²) in [5, 5.41) is 0. The number of aromatic nitrogens is 3. The van der Waals surface area contributed by atoms with Crippen LogP contribution < -0.4 is 5.73 Å². The zero-order valence-electron chi connectivity index (χ0n) is 16.0. The number of rotatable bonds is 5. The summed E-state index contributed by atoms with van der Waals surface area (Å²) in [6.07, 6.45) is 1.75. The minimum Gasteiger partial charge on any atom is -0.462 e. The van der Waals surface area contributed by atoms with Crippen LogP contribution >= 0.6 is 0 Å². The molecule has 2 N–H and O–H groups in total. The lowest BCUT2D eigenvalue weighted by atomic mass is 10.2. The van der Waals surface area contributed by atoms with Crippen molar-refractivity contribution in [1.29, 1.82) is 0 Å². The molecule has 6 heteroatoms. The number of carbonyl (C=O) groups excluding carboxylic acids is 1. The molecule has 0 aliphatic rings. The molecule has 28 heavy (non-hydrogen) atoms. The Labute approximate surface area is 163 Å². The fraction of sp³-hybridized carbons (Fsp3) is 0.227. The molecule has 0 unspecified atom stereocenters. The van der Waals surface area contributed by atoms with E-state index in [1.807, 2.05) is 62.4 Å². The van der Waals surface area contributed by atoms with Crippen LogP contribution in [0.2, 0.25) is 0 Å². The molecule has 0 aliphatic carbocycles. The van der Waals surface area contributed by atoms with E-state index in [0.717, 1.165) is 29.6 Å². The molecule has 2 aromatic heterocycles. The number of nitrogens with zero attached hydrogens (tertiary/aromatic N) is 3. The molecule has 4 aromatic rings. The first kappa shape index (κ1) is 18.0. The quantitative estimate of drug-likeness (QED) is 0.413. The first-order chi connectivity index (χ1) is 13.6. The molecule has 0 fully saturated rings. The van der Waals surface area contributed by atoms with Crippen molar-refractivity contribution in [2.45, 2.75) is 26.7 Å². The number of aryl methyl sites for hydroxylation is 1. The smallest absolute Gasteiger partial charge is 0.344 e. The van der Waals surface area contributed by atoms with E-state index < -0.39 is 5.97 Å².